The van der Waals surface area contributed by atoms with Gasteiger partial charge in [0, 0.05) is 44.7 Å². The molecule has 1 saturated heterocycles. The zero-order valence-electron chi connectivity index (χ0n) is 12.1. The number of Topliss-reactive ketones (excluding diaryl/α,β-unsaturated/α-hetero) is 1. The number of hydrogen-bond donors (Lipinski definition) is 0. The summed E-state index contributed by atoms with van der Waals surface area (Å²) < 4.78 is 0. The minimum atomic E-state index is 0.265. The Bertz CT molecular complexity index is 405. The van der Waals surface area contributed by atoms with E-state index in [-0.39, 0.29) is 5.78 Å². The summed E-state index contributed by atoms with van der Waals surface area (Å²) in [6, 6.07) is 8.04. The van der Waals surface area contributed by atoms with Crippen molar-refractivity contribution >= 4 is 5.78 Å². The predicted octanol–water partition coefficient (Wildman–Crippen LogP) is 2.07. The molecule has 1 fully saturated rings. The maximum Gasteiger partial charge on any atom is 0.164 e. The highest BCUT2D eigenvalue weighted by Crippen LogP contribution is 2.09. The summed E-state index contributed by atoms with van der Waals surface area (Å²) in [4.78, 5) is 16.8. The molecule has 0 amide bonds. The summed E-state index contributed by atoms with van der Waals surface area (Å²) in [5.41, 5.74) is 2.14. The zero-order chi connectivity index (χ0) is 13.7. The van der Waals surface area contributed by atoms with Crippen LogP contribution in [0.2, 0.25) is 0 Å². The standard InChI is InChI=1S/C16H24N2O/c1-3-14-4-6-15(7-5-14)16(19)8-9-18-12-10-17(2)11-13-18/h4-7H,3,8-13H2,1-2H3. The Labute approximate surface area is 116 Å². The minimum Gasteiger partial charge on any atom is -0.304 e. The van der Waals surface area contributed by atoms with E-state index >= 15 is 0 Å². The molecule has 1 aliphatic heterocycles. The molecule has 0 aromatic heterocycles. The van der Waals surface area contributed by atoms with E-state index in [1.165, 1.54) is 5.56 Å². The summed E-state index contributed by atoms with van der Waals surface area (Å²) in [7, 11) is 2.15. The van der Waals surface area contributed by atoms with Gasteiger partial charge in [-0.1, -0.05) is 31.2 Å². The monoisotopic (exact) mass is 260 g/mol. The first-order chi connectivity index (χ1) is 9.19. The number of piperazine rings is 1. The molecule has 0 aliphatic carbocycles. The minimum absolute atomic E-state index is 0.265. The average Bonchev–Trinajstić information content (AvgIpc) is 2.46. The molecule has 0 unspecified atom stereocenters. The molecule has 0 radical (unpaired) electrons. The summed E-state index contributed by atoms with van der Waals surface area (Å²) in [5.74, 6) is 0.265. The second-order valence-electron chi connectivity index (χ2n) is 5.37. The van der Waals surface area contributed by atoms with E-state index in [1.54, 1.807) is 0 Å². The molecule has 0 spiro atoms. The van der Waals surface area contributed by atoms with Crippen molar-refractivity contribution in [1.82, 2.24) is 9.80 Å². The number of rotatable bonds is 5. The number of nitrogens with zero attached hydrogens (tertiary/aromatic N) is 2. The summed E-state index contributed by atoms with van der Waals surface area (Å²) in [6.45, 7) is 7.41. The molecule has 1 aromatic carbocycles. The number of ketones is 1. The topological polar surface area (TPSA) is 23.6 Å². The van der Waals surface area contributed by atoms with Gasteiger partial charge >= 0.3 is 0 Å². The van der Waals surface area contributed by atoms with Crippen LogP contribution in [0, 0.1) is 0 Å². The van der Waals surface area contributed by atoms with Crippen molar-refractivity contribution in [2.75, 3.05) is 39.8 Å². The molecule has 0 bridgehead atoms. The van der Waals surface area contributed by atoms with E-state index in [0.29, 0.717) is 6.42 Å². The highest BCUT2D eigenvalue weighted by molar-refractivity contribution is 5.96. The van der Waals surface area contributed by atoms with Crippen LogP contribution >= 0.6 is 0 Å². The lowest BCUT2D eigenvalue weighted by Crippen LogP contribution is -2.45. The van der Waals surface area contributed by atoms with Crippen LogP contribution in [0.15, 0.2) is 24.3 Å². The molecule has 3 heteroatoms. The lowest BCUT2D eigenvalue weighted by atomic mass is 10.0. The third kappa shape index (κ3) is 4.15. The smallest absolute Gasteiger partial charge is 0.164 e. The normalized spacial score (nSPS) is 17.6. The largest absolute Gasteiger partial charge is 0.304 e. The number of hydrogen-bond acceptors (Lipinski definition) is 3. The lowest BCUT2D eigenvalue weighted by Gasteiger charge is -2.32. The fourth-order valence-corrected chi connectivity index (χ4v) is 2.40. The molecule has 3 nitrogen and oxygen atoms in total. The van der Waals surface area contributed by atoms with Crippen LogP contribution in [0.25, 0.3) is 0 Å². The van der Waals surface area contributed by atoms with Crippen LogP contribution in [0.5, 0.6) is 0 Å². The summed E-state index contributed by atoms with van der Waals surface area (Å²) in [6.07, 6.45) is 1.66. The van der Waals surface area contributed by atoms with Crippen LogP contribution in [0.3, 0.4) is 0 Å². The van der Waals surface area contributed by atoms with Gasteiger partial charge in [0.2, 0.25) is 0 Å². The zero-order valence-corrected chi connectivity index (χ0v) is 12.1. The molecular weight excluding hydrogens is 236 g/mol. The van der Waals surface area contributed by atoms with Gasteiger partial charge in [-0.25, -0.2) is 0 Å². The van der Waals surface area contributed by atoms with Crippen LogP contribution < -0.4 is 0 Å². The van der Waals surface area contributed by atoms with Gasteiger partial charge in [-0.05, 0) is 19.0 Å². The van der Waals surface area contributed by atoms with Gasteiger partial charge in [0.15, 0.2) is 5.78 Å². The number of aryl methyl sites for hydroxylation is 1. The van der Waals surface area contributed by atoms with Gasteiger partial charge in [0.25, 0.3) is 0 Å². The van der Waals surface area contributed by atoms with Crippen molar-refractivity contribution in [3.8, 4) is 0 Å². The van der Waals surface area contributed by atoms with Gasteiger partial charge in [-0.2, -0.15) is 0 Å². The molecule has 0 saturated carbocycles. The Morgan fingerprint density at radius 3 is 2.32 bits per heavy atom. The highest BCUT2D eigenvalue weighted by atomic mass is 16.1. The third-order valence-electron chi connectivity index (χ3n) is 3.94. The number of carbonyl (C=O) groups is 1. The summed E-state index contributed by atoms with van der Waals surface area (Å²) in [5, 5.41) is 0. The SMILES string of the molecule is CCc1ccc(C(=O)CCN2CCN(C)CC2)cc1. The molecule has 2 rings (SSSR count). The van der Waals surface area contributed by atoms with Crippen molar-refractivity contribution in [3.05, 3.63) is 35.4 Å². The molecule has 19 heavy (non-hydrogen) atoms. The molecule has 104 valence electrons. The van der Waals surface area contributed by atoms with Gasteiger partial charge in [-0.15, -0.1) is 0 Å². The van der Waals surface area contributed by atoms with Gasteiger partial charge < -0.3 is 9.80 Å². The second kappa shape index (κ2) is 6.83. The van der Waals surface area contributed by atoms with Gasteiger partial charge in [0.1, 0.15) is 0 Å². The Hall–Kier alpha value is -1.19. The number of carbonyl (C=O) groups excluding carboxylic acids is 1. The first-order valence-electron chi connectivity index (χ1n) is 7.22. The molecular formula is C16H24N2O. The maximum atomic E-state index is 12.1. The average molecular weight is 260 g/mol. The van der Waals surface area contributed by atoms with E-state index in [1.807, 2.05) is 12.1 Å². The van der Waals surface area contributed by atoms with E-state index in [9.17, 15) is 4.79 Å². The predicted molar refractivity (Wildman–Crippen MR) is 78.7 cm³/mol. The first-order valence-corrected chi connectivity index (χ1v) is 7.22. The van der Waals surface area contributed by atoms with Gasteiger partial charge in [-0.3, -0.25) is 4.79 Å². The lowest BCUT2D eigenvalue weighted by molar-refractivity contribution is 0.0942. The van der Waals surface area contributed by atoms with Crippen LogP contribution in [0.4, 0.5) is 0 Å². The maximum absolute atomic E-state index is 12.1. The van der Waals surface area contributed by atoms with Gasteiger partial charge in [0.05, 0.1) is 0 Å². The van der Waals surface area contributed by atoms with E-state index in [0.717, 1.165) is 44.7 Å². The third-order valence-corrected chi connectivity index (χ3v) is 3.94. The molecule has 1 aromatic rings. The summed E-state index contributed by atoms with van der Waals surface area (Å²) >= 11 is 0. The van der Waals surface area contributed by atoms with Crippen molar-refractivity contribution < 1.29 is 4.79 Å². The Morgan fingerprint density at radius 2 is 1.74 bits per heavy atom. The Kier molecular flexibility index (Phi) is 5.11. The van der Waals surface area contributed by atoms with Crippen molar-refractivity contribution in [2.24, 2.45) is 0 Å². The quantitative estimate of drug-likeness (QED) is 0.757. The fraction of sp³-hybridized carbons (Fsp3) is 0.562. The number of likely N-dealkylation sites (N-methyl/N-ethyl adjacent to an activating group) is 1. The van der Waals surface area contributed by atoms with E-state index in [4.69, 9.17) is 0 Å². The first kappa shape index (κ1) is 14.2. The molecule has 0 atom stereocenters. The fourth-order valence-electron chi connectivity index (χ4n) is 2.40. The molecule has 1 heterocycles. The Balaban J connectivity index is 1.80. The van der Waals surface area contributed by atoms with Crippen molar-refractivity contribution in [3.63, 3.8) is 0 Å². The second-order valence-corrected chi connectivity index (χ2v) is 5.37. The van der Waals surface area contributed by atoms with E-state index < -0.39 is 0 Å². The van der Waals surface area contributed by atoms with Crippen LogP contribution in [-0.2, 0) is 6.42 Å². The highest BCUT2D eigenvalue weighted by Gasteiger charge is 2.15. The van der Waals surface area contributed by atoms with Crippen LogP contribution in [-0.4, -0.2) is 55.4 Å². The van der Waals surface area contributed by atoms with E-state index in [2.05, 4.69) is 35.9 Å². The van der Waals surface area contributed by atoms with Crippen molar-refractivity contribution in [1.29, 1.82) is 0 Å². The number of benzene rings is 1. The molecule has 0 N–H and O–H groups in total. The molecule has 1 aliphatic rings. The van der Waals surface area contributed by atoms with Crippen molar-refractivity contribution in [2.45, 2.75) is 19.8 Å². The Morgan fingerprint density at radius 1 is 1.11 bits per heavy atom. The van der Waals surface area contributed by atoms with Crippen LogP contribution in [0.1, 0.15) is 29.3 Å².